The summed E-state index contributed by atoms with van der Waals surface area (Å²) in [4.78, 5) is -2.07. The SMILES string of the molecule is CCCCCC1CC=C(C(F)(F)Oc2ccc(C(F)(F)OC3CC=C(S(F)(F)(F)(F)F)CC3)c(F)c2)CC1. The molecule has 2 aliphatic carbocycles. The van der Waals surface area contributed by atoms with Crippen LogP contribution in [0.25, 0.3) is 0 Å². The summed E-state index contributed by atoms with van der Waals surface area (Å²) in [6.07, 6.45) is -6.03. The highest BCUT2D eigenvalue weighted by Crippen LogP contribution is 3.02. The van der Waals surface area contributed by atoms with E-state index in [4.69, 9.17) is 0 Å². The Labute approximate surface area is 214 Å². The highest BCUT2D eigenvalue weighted by Gasteiger charge is 2.66. The van der Waals surface area contributed by atoms with E-state index in [1.54, 1.807) is 0 Å². The van der Waals surface area contributed by atoms with Gasteiger partial charge in [-0.2, -0.15) is 17.6 Å². The smallest absolute Gasteiger partial charge is 0.422 e. The van der Waals surface area contributed by atoms with Crippen LogP contribution in [-0.2, 0) is 10.8 Å². The van der Waals surface area contributed by atoms with Crippen molar-refractivity contribution in [2.45, 2.75) is 89.5 Å². The van der Waals surface area contributed by atoms with Crippen molar-refractivity contribution < 1.29 is 50.9 Å². The molecule has 0 fully saturated rings. The zero-order valence-electron chi connectivity index (χ0n) is 20.6. The van der Waals surface area contributed by atoms with Gasteiger partial charge in [0.25, 0.3) is 0 Å². The Morgan fingerprint density at radius 1 is 0.895 bits per heavy atom. The molecule has 0 bridgehead atoms. The summed E-state index contributed by atoms with van der Waals surface area (Å²) in [7, 11) is -9.90. The second-order valence-corrected chi connectivity index (χ2v) is 12.3. The Morgan fingerprint density at radius 3 is 2.13 bits per heavy atom. The zero-order chi connectivity index (χ0) is 28.5. The van der Waals surface area contributed by atoms with Gasteiger partial charge in [0.2, 0.25) is 0 Å². The molecule has 2 atom stereocenters. The van der Waals surface area contributed by atoms with Gasteiger partial charge in [0.05, 0.1) is 16.6 Å². The molecule has 2 unspecified atom stereocenters. The summed E-state index contributed by atoms with van der Waals surface area (Å²) in [6.45, 7) is 2.07. The quantitative estimate of drug-likeness (QED) is 0.146. The van der Waals surface area contributed by atoms with Gasteiger partial charge in [0.1, 0.15) is 11.6 Å². The molecule has 2 aliphatic rings. The first kappa shape index (κ1) is 30.6. The van der Waals surface area contributed by atoms with Gasteiger partial charge in [-0.15, -0.1) is 0 Å². The van der Waals surface area contributed by atoms with Crippen molar-refractivity contribution in [3.8, 4) is 5.75 Å². The molecule has 1 aromatic carbocycles. The first-order valence-electron chi connectivity index (χ1n) is 12.4. The predicted molar refractivity (Wildman–Crippen MR) is 125 cm³/mol. The van der Waals surface area contributed by atoms with Crippen molar-refractivity contribution in [2.75, 3.05) is 0 Å². The maximum atomic E-state index is 14.7. The molecule has 0 aliphatic heterocycles. The van der Waals surface area contributed by atoms with Crippen LogP contribution in [0.4, 0.5) is 41.4 Å². The van der Waals surface area contributed by atoms with E-state index in [1.165, 1.54) is 6.08 Å². The highest BCUT2D eigenvalue weighted by molar-refractivity contribution is 8.48. The number of halogens is 10. The summed E-state index contributed by atoms with van der Waals surface area (Å²) in [6, 6.07) is 1.51. The lowest BCUT2D eigenvalue weighted by Gasteiger charge is -2.44. The van der Waals surface area contributed by atoms with Crippen LogP contribution in [0.5, 0.6) is 5.75 Å². The lowest BCUT2D eigenvalue weighted by atomic mass is 9.85. The molecule has 0 N–H and O–H groups in total. The third-order valence-electron chi connectivity index (χ3n) is 6.74. The average Bonchev–Trinajstić information content (AvgIpc) is 2.78. The van der Waals surface area contributed by atoms with Crippen molar-refractivity contribution in [1.29, 1.82) is 0 Å². The highest BCUT2D eigenvalue weighted by atomic mass is 32.5. The van der Waals surface area contributed by atoms with Crippen molar-refractivity contribution in [3.63, 3.8) is 0 Å². The normalized spacial score (nSPS) is 23.2. The maximum absolute atomic E-state index is 14.7. The second-order valence-electron chi connectivity index (χ2n) is 9.80. The summed E-state index contributed by atoms with van der Waals surface area (Å²) in [5, 5.41) is 0. The minimum absolute atomic E-state index is 0.0792. The van der Waals surface area contributed by atoms with Crippen LogP contribution in [-0.4, -0.2) is 12.2 Å². The van der Waals surface area contributed by atoms with Crippen molar-refractivity contribution >= 4 is 10.2 Å². The molecule has 38 heavy (non-hydrogen) atoms. The van der Waals surface area contributed by atoms with Gasteiger partial charge in [-0.3, -0.25) is 0 Å². The van der Waals surface area contributed by atoms with Crippen LogP contribution >= 0.6 is 10.2 Å². The van der Waals surface area contributed by atoms with Gasteiger partial charge in [0.15, 0.2) is 0 Å². The van der Waals surface area contributed by atoms with E-state index in [9.17, 15) is 41.4 Å². The van der Waals surface area contributed by atoms with Gasteiger partial charge < -0.3 is 9.47 Å². The van der Waals surface area contributed by atoms with E-state index < -0.39 is 69.8 Å². The second kappa shape index (κ2) is 10.3. The number of rotatable bonds is 11. The van der Waals surface area contributed by atoms with Gasteiger partial charge in [-0.05, 0) is 56.6 Å². The maximum Gasteiger partial charge on any atom is 0.422 e. The minimum Gasteiger partial charge on any atom is -0.429 e. The van der Waals surface area contributed by atoms with E-state index in [0.29, 0.717) is 31.0 Å². The number of benzene rings is 1. The summed E-state index contributed by atoms with van der Waals surface area (Å²) in [5.41, 5.74) is -1.64. The van der Waals surface area contributed by atoms with Crippen molar-refractivity contribution in [1.82, 2.24) is 0 Å². The van der Waals surface area contributed by atoms with Crippen LogP contribution < -0.4 is 4.74 Å². The fourth-order valence-corrected chi connectivity index (χ4v) is 5.54. The first-order chi connectivity index (χ1) is 17.3. The molecule has 1 aromatic rings. The topological polar surface area (TPSA) is 18.5 Å². The Kier molecular flexibility index (Phi) is 8.27. The van der Waals surface area contributed by atoms with Crippen LogP contribution in [0.15, 0.2) is 40.8 Å². The Bertz CT molecular complexity index is 1070. The number of alkyl halides is 4. The Morgan fingerprint density at radius 2 is 1.61 bits per heavy atom. The first-order valence-corrected chi connectivity index (χ1v) is 14.3. The van der Waals surface area contributed by atoms with E-state index >= 15 is 0 Å². The number of allylic oxidation sites excluding steroid dienone is 2. The fraction of sp³-hybridized carbons (Fsp3) is 0.600. The van der Waals surface area contributed by atoms with Gasteiger partial charge in [-0.1, -0.05) is 64.2 Å². The molecule has 2 nitrogen and oxygen atoms in total. The molecule has 0 aromatic heterocycles. The van der Waals surface area contributed by atoms with Crippen molar-refractivity contribution in [3.05, 3.63) is 52.2 Å². The number of hydrogen-bond donors (Lipinski definition) is 0. The van der Waals surface area contributed by atoms with E-state index in [0.717, 1.165) is 25.7 Å². The Balaban J connectivity index is 1.63. The molecule has 0 heterocycles. The molecule has 3 rings (SSSR count). The molecular weight excluding hydrogens is 554 g/mol. The van der Waals surface area contributed by atoms with E-state index in [-0.39, 0.29) is 24.0 Å². The number of unbranched alkanes of at least 4 members (excludes halogenated alkanes) is 2. The van der Waals surface area contributed by atoms with Crippen LogP contribution in [0.2, 0.25) is 0 Å². The largest absolute Gasteiger partial charge is 0.429 e. The summed E-state index contributed by atoms with van der Waals surface area (Å²) < 4.78 is 146. The lowest BCUT2D eigenvalue weighted by molar-refractivity contribution is -0.275. The number of hydrogen-bond acceptors (Lipinski definition) is 2. The lowest BCUT2D eigenvalue weighted by Crippen LogP contribution is -2.30. The summed E-state index contributed by atoms with van der Waals surface area (Å²) >= 11 is 0. The molecule has 0 spiro atoms. The average molecular weight is 585 g/mol. The van der Waals surface area contributed by atoms with Gasteiger partial charge >= 0.3 is 22.4 Å². The summed E-state index contributed by atoms with van der Waals surface area (Å²) in [5.74, 6) is -2.06. The van der Waals surface area contributed by atoms with E-state index in [2.05, 4.69) is 16.4 Å². The van der Waals surface area contributed by atoms with Gasteiger partial charge in [-0.25, -0.2) is 4.39 Å². The third-order valence-corrected chi connectivity index (χ3v) is 8.10. The molecule has 13 heteroatoms. The molecule has 0 saturated carbocycles. The monoisotopic (exact) mass is 584 g/mol. The van der Waals surface area contributed by atoms with Gasteiger partial charge in [0, 0.05) is 11.6 Å². The fourth-order valence-electron chi connectivity index (χ4n) is 4.62. The van der Waals surface area contributed by atoms with Crippen LogP contribution in [0.3, 0.4) is 0 Å². The Hall–Kier alpha value is -1.89. The molecular formula is C25H30F10O2S. The zero-order valence-corrected chi connectivity index (χ0v) is 21.4. The number of ether oxygens (including phenoxy) is 2. The van der Waals surface area contributed by atoms with Crippen molar-refractivity contribution in [2.24, 2.45) is 5.92 Å². The standard InChI is InChI=1S/C25H30F10O2S/c1-2-3-4-5-17-6-8-18(9-7-17)24(27,28)37-20-12-15-22(23(26)16-20)25(29,30)36-19-10-13-21(14-11-19)38(31,32,33,34)35/h8,12-13,15-17,19H,2-7,9-11,14H2,1H3. The molecule has 218 valence electrons. The molecule has 0 radical (unpaired) electrons. The molecule has 0 saturated heterocycles. The molecule has 0 amide bonds. The van der Waals surface area contributed by atoms with E-state index in [1.807, 2.05) is 0 Å². The van der Waals surface area contributed by atoms with Crippen LogP contribution in [0.1, 0.15) is 76.7 Å². The minimum atomic E-state index is -9.90. The third kappa shape index (κ3) is 8.06. The predicted octanol–water partition coefficient (Wildman–Crippen LogP) is 10.9. The van der Waals surface area contributed by atoms with Crippen LogP contribution in [0, 0.1) is 11.7 Å².